The number of unbranched alkanes of at least 4 members (excludes halogenated alkanes) is 7. The molecule has 0 aliphatic rings. The lowest BCUT2D eigenvalue weighted by Gasteiger charge is -2.22. The normalized spacial score (nSPS) is 12.1. The molecule has 1 N–H and O–H groups in total. The Balaban J connectivity index is 2.08. The SMILES string of the molecule is CCCCCCCCCCOC(=O)C(C(=O)Nc1c(C(C)C)cccc1C(C)C)c1ccccc1. The monoisotopic (exact) mass is 479 g/mol. The van der Waals surface area contributed by atoms with Gasteiger partial charge in [0.25, 0.3) is 0 Å². The zero-order valence-corrected chi connectivity index (χ0v) is 22.4. The molecule has 0 aliphatic carbocycles. The molecule has 0 saturated heterocycles. The second-order valence-electron chi connectivity index (χ2n) is 10.1. The highest BCUT2D eigenvalue weighted by Crippen LogP contribution is 2.33. The first-order valence-corrected chi connectivity index (χ1v) is 13.5. The molecule has 1 atom stereocenters. The smallest absolute Gasteiger partial charge is 0.323 e. The molecule has 0 heterocycles. The fourth-order valence-corrected chi connectivity index (χ4v) is 4.42. The average Bonchev–Trinajstić information content (AvgIpc) is 2.83. The van der Waals surface area contributed by atoms with Gasteiger partial charge in [-0.1, -0.05) is 128 Å². The Bertz CT molecular complexity index is 878. The second-order valence-corrected chi connectivity index (χ2v) is 10.1. The van der Waals surface area contributed by atoms with Crippen LogP contribution in [0.3, 0.4) is 0 Å². The van der Waals surface area contributed by atoms with Gasteiger partial charge in [0, 0.05) is 5.69 Å². The van der Waals surface area contributed by atoms with Crippen molar-refractivity contribution in [1.29, 1.82) is 0 Å². The first-order chi connectivity index (χ1) is 16.9. The van der Waals surface area contributed by atoms with Gasteiger partial charge in [-0.3, -0.25) is 9.59 Å². The predicted octanol–water partition coefficient (Wildman–Crippen LogP) is 8.34. The fourth-order valence-electron chi connectivity index (χ4n) is 4.42. The molecule has 0 aliphatic heterocycles. The van der Waals surface area contributed by atoms with Crippen molar-refractivity contribution >= 4 is 17.6 Å². The Kier molecular flexibility index (Phi) is 12.6. The predicted molar refractivity (Wildman–Crippen MR) is 146 cm³/mol. The van der Waals surface area contributed by atoms with E-state index in [2.05, 4.69) is 39.9 Å². The summed E-state index contributed by atoms with van der Waals surface area (Å²) in [5.41, 5.74) is 3.62. The van der Waals surface area contributed by atoms with Crippen LogP contribution in [0.4, 0.5) is 5.69 Å². The number of benzene rings is 2. The van der Waals surface area contributed by atoms with E-state index in [4.69, 9.17) is 4.74 Å². The molecule has 0 bridgehead atoms. The van der Waals surface area contributed by atoms with E-state index >= 15 is 0 Å². The number of esters is 1. The topological polar surface area (TPSA) is 55.4 Å². The molecule has 0 fully saturated rings. The Morgan fingerprint density at radius 2 is 1.29 bits per heavy atom. The van der Waals surface area contributed by atoms with Crippen LogP contribution >= 0.6 is 0 Å². The highest BCUT2D eigenvalue weighted by Gasteiger charge is 2.31. The maximum absolute atomic E-state index is 13.6. The van der Waals surface area contributed by atoms with E-state index in [-0.39, 0.29) is 17.7 Å². The molecule has 1 amide bonds. The van der Waals surface area contributed by atoms with Crippen LogP contribution in [0.1, 0.15) is 120 Å². The van der Waals surface area contributed by atoms with Crippen LogP contribution in [0.5, 0.6) is 0 Å². The molecule has 0 aromatic heterocycles. The van der Waals surface area contributed by atoms with Crippen molar-refractivity contribution in [2.75, 3.05) is 11.9 Å². The van der Waals surface area contributed by atoms with Gasteiger partial charge >= 0.3 is 5.97 Å². The van der Waals surface area contributed by atoms with Gasteiger partial charge < -0.3 is 10.1 Å². The van der Waals surface area contributed by atoms with E-state index in [9.17, 15) is 9.59 Å². The highest BCUT2D eigenvalue weighted by atomic mass is 16.5. The Morgan fingerprint density at radius 3 is 1.83 bits per heavy atom. The molecule has 2 aromatic carbocycles. The molecule has 1 unspecified atom stereocenters. The summed E-state index contributed by atoms with van der Waals surface area (Å²) >= 11 is 0. The first kappa shape index (κ1) is 28.6. The van der Waals surface area contributed by atoms with Gasteiger partial charge in [-0.15, -0.1) is 0 Å². The molecule has 2 aromatic rings. The van der Waals surface area contributed by atoms with Crippen LogP contribution < -0.4 is 5.32 Å². The lowest BCUT2D eigenvalue weighted by atomic mass is 9.91. The third kappa shape index (κ3) is 9.16. The number of hydrogen-bond acceptors (Lipinski definition) is 3. The summed E-state index contributed by atoms with van der Waals surface area (Å²) < 4.78 is 5.62. The molecule has 2 rings (SSSR count). The van der Waals surface area contributed by atoms with Crippen molar-refractivity contribution < 1.29 is 14.3 Å². The Morgan fingerprint density at radius 1 is 0.743 bits per heavy atom. The van der Waals surface area contributed by atoms with E-state index in [1.54, 1.807) is 0 Å². The van der Waals surface area contributed by atoms with E-state index in [1.165, 1.54) is 32.1 Å². The molecule has 4 nitrogen and oxygen atoms in total. The number of carbonyl (C=O) groups excluding carboxylic acids is 2. The molecule has 0 spiro atoms. The summed E-state index contributed by atoms with van der Waals surface area (Å²) in [6, 6.07) is 15.3. The van der Waals surface area contributed by atoms with Crippen LogP contribution in [0.15, 0.2) is 48.5 Å². The number of para-hydroxylation sites is 1. The fraction of sp³-hybridized carbons (Fsp3) is 0.548. The molecule has 0 radical (unpaired) electrons. The summed E-state index contributed by atoms with van der Waals surface area (Å²) in [7, 11) is 0. The largest absolute Gasteiger partial charge is 0.465 e. The standard InChI is InChI=1S/C31H45NO3/c1-6-7-8-9-10-11-12-16-22-35-31(34)28(25-18-14-13-15-19-25)30(33)32-29-26(23(2)3)20-17-21-27(29)24(4)5/h13-15,17-21,23-24,28H,6-12,16,22H2,1-5H3,(H,32,33). The van der Waals surface area contributed by atoms with Gasteiger partial charge in [-0.05, 0) is 34.9 Å². The molecule has 0 saturated carbocycles. The van der Waals surface area contributed by atoms with Crippen LogP contribution in [-0.2, 0) is 14.3 Å². The van der Waals surface area contributed by atoms with Gasteiger partial charge in [-0.2, -0.15) is 0 Å². The molecule has 35 heavy (non-hydrogen) atoms. The number of carbonyl (C=O) groups is 2. The van der Waals surface area contributed by atoms with Gasteiger partial charge in [0.2, 0.25) is 5.91 Å². The van der Waals surface area contributed by atoms with E-state index in [0.717, 1.165) is 36.1 Å². The van der Waals surface area contributed by atoms with Crippen molar-refractivity contribution in [3.05, 3.63) is 65.2 Å². The summed E-state index contributed by atoms with van der Waals surface area (Å²) in [6.45, 7) is 11.0. The maximum Gasteiger partial charge on any atom is 0.323 e. The van der Waals surface area contributed by atoms with Gasteiger partial charge in [0.05, 0.1) is 6.61 Å². The van der Waals surface area contributed by atoms with Crippen molar-refractivity contribution in [2.45, 2.75) is 104 Å². The summed E-state index contributed by atoms with van der Waals surface area (Å²) in [4.78, 5) is 26.7. The summed E-state index contributed by atoms with van der Waals surface area (Å²) in [5.74, 6) is -1.33. The van der Waals surface area contributed by atoms with Crippen LogP contribution in [-0.4, -0.2) is 18.5 Å². The second kappa shape index (κ2) is 15.4. The number of nitrogens with one attached hydrogen (secondary N) is 1. The molecule has 4 heteroatoms. The number of hydrogen-bond donors (Lipinski definition) is 1. The number of amides is 1. The number of ether oxygens (including phenoxy) is 1. The lowest BCUT2D eigenvalue weighted by Crippen LogP contribution is -2.30. The van der Waals surface area contributed by atoms with E-state index in [1.807, 2.05) is 48.5 Å². The van der Waals surface area contributed by atoms with Crippen molar-refractivity contribution in [3.63, 3.8) is 0 Å². The zero-order valence-electron chi connectivity index (χ0n) is 22.4. The Hall–Kier alpha value is -2.62. The first-order valence-electron chi connectivity index (χ1n) is 13.5. The Labute approximate surface area is 212 Å². The third-order valence-electron chi connectivity index (χ3n) is 6.49. The summed E-state index contributed by atoms with van der Waals surface area (Å²) in [6.07, 6.45) is 9.41. The van der Waals surface area contributed by atoms with Crippen molar-refractivity contribution in [1.82, 2.24) is 0 Å². The summed E-state index contributed by atoms with van der Waals surface area (Å²) in [5, 5.41) is 3.12. The number of rotatable bonds is 15. The van der Waals surface area contributed by atoms with Gasteiger partial charge in [-0.25, -0.2) is 0 Å². The lowest BCUT2D eigenvalue weighted by molar-refractivity contribution is -0.148. The number of anilines is 1. The van der Waals surface area contributed by atoms with Crippen LogP contribution in [0, 0.1) is 0 Å². The minimum absolute atomic E-state index is 0.244. The van der Waals surface area contributed by atoms with Gasteiger partial charge in [0.1, 0.15) is 0 Å². The highest BCUT2D eigenvalue weighted by molar-refractivity contribution is 6.10. The van der Waals surface area contributed by atoms with E-state index in [0.29, 0.717) is 12.2 Å². The quantitative estimate of drug-likeness (QED) is 0.159. The zero-order chi connectivity index (χ0) is 25.6. The molecule has 192 valence electrons. The van der Waals surface area contributed by atoms with Crippen molar-refractivity contribution in [3.8, 4) is 0 Å². The molecular weight excluding hydrogens is 434 g/mol. The van der Waals surface area contributed by atoms with Crippen LogP contribution in [0.25, 0.3) is 0 Å². The average molecular weight is 480 g/mol. The minimum atomic E-state index is -0.995. The van der Waals surface area contributed by atoms with Gasteiger partial charge in [0.15, 0.2) is 5.92 Å². The minimum Gasteiger partial charge on any atom is -0.465 e. The van der Waals surface area contributed by atoms with Crippen molar-refractivity contribution in [2.24, 2.45) is 0 Å². The molecular formula is C31H45NO3. The third-order valence-corrected chi connectivity index (χ3v) is 6.49. The van der Waals surface area contributed by atoms with Crippen LogP contribution in [0.2, 0.25) is 0 Å². The van der Waals surface area contributed by atoms with E-state index < -0.39 is 11.9 Å². The maximum atomic E-state index is 13.6.